The van der Waals surface area contributed by atoms with E-state index in [9.17, 15) is 32.0 Å². The molecule has 0 aromatic heterocycles. The van der Waals surface area contributed by atoms with Crippen LogP contribution in [0.15, 0.2) is 59.5 Å². The number of carbonyl (C=O) groups is 4. The summed E-state index contributed by atoms with van der Waals surface area (Å²) in [5.41, 5.74) is -1.09. The molecule has 0 bridgehead atoms. The predicted molar refractivity (Wildman–Crippen MR) is 184 cm³/mol. The maximum Gasteiger partial charge on any atom is 0.411 e. The number of ether oxygens (including phenoxy) is 2. The Bertz CT molecular complexity index is 1850. The first kappa shape index (κ1) is 36.1. The van der Waals surface area contributed by atoms with Gasteiger partial charge in [-0.3, -0.25) is 19.4 Å². The molecule has 0 spiro atoms. The highest BCUT2D eigenvalue weighted by Crippen LogP contribution is 2.46. The Morgan fingerprint density at radius 1 is 1.02 bits per heavy atom. The van der Waals surface area contributed by atoms with E-state index < -0.39 is 69.0 Å². The summed E-state index contributed by atoms with van der Waals surface area (Å²) in [6.45, 7) is 5.57. The number of hydrogen-bond acceptors (Lipinski definition) is 9. The Morgan fingerprint density at radius 3 is 2.57 bits per heavy atom. The van der Waals surface area contributed by atoms with Crippen molar-refractivity contribution in [2.75, 3.05) is 18.4 Å². The summed E-state index contributed by atoms with van der Waals surface area (Å²) < 4.78 is 55.0. The third-order valence-electron chi connectivity index (χ3n) is 9.55. The van der Waals surface area contributed by atoms with Crippen LogP contribution in [0.5, 0.6) is 0 Å². The molecule has 15 heteroatoms. The van der Waals surface area contributed by atoms with Gasteiger partial charge >= 0.3 is 12.2 Å². The van der Waals surface area contributed by atoms with Gasteiger partial charge in [-0.1, -0.05) is 42.8 Å². The second-order valence-electron chi connectivity index (χ2n) is 14.5. The summed E-state index contributed by atoms with van der Waals surface area (Å²) in [6.07, 6.45) is 4.68. The number of amides is 4. The number of anilines is 1. The standard InChI is InChI=1S/C36H44FN5O8S/c1-35(2,3)50-34(46)42-21-25(49-33(45)41-20-23-12-11-14-27(37)26(23)22-41)18-29(42)31(43)39-36-19-24(36)13-7-5-4-6-10-17-38-28-15-8-9-16-30(28)51(47,48)40-32(36)44/h7-9,11-16,24-25,29,38H,4-6,10,17-22H2,1-3H3,(H,39,43)(H,40,44)/b13-7-/t24-,25-,29+,36-/m1/s1. The SMILES string of the molecule is CC(C)(C)OC(=O)N1C[C@H](OC(=O)N2Cc3cccc(F)c3C2)C[C@H]1C(=O)N[C@]12C[C@H]1/C=C\CCCCCNc1ccccc1S(=O)(=O)NC2=O. The fourth-order valence-corrected chi connectivity index (χ4v) is 8.05. The van der Waals surface area contributed by atoms with Crippen LogP contribution >= 0.6 is 0 Å². The van der Waals surface area contributed by atoms with Crippen LogP contribution in [0.4, 0.5) is 19.7 Å². The van der Waals surface area contributed by atoms with Gasteiger partial charge in [-0.05, 0) is 70.2 Å². The maximum absolute atomic E-state index is 14.3. The largest absolute Gasteiger partial charge is 0.444 e. The zero-order valence-corrected chi connectivity index (χ0v) is 29.8. The van der Waals surface area contributed by atoms with Gasteiger partial charge in [0.15, 0.2) is 0 Å². The number of carbonyl (C=O) groups excluding carboxylic acids is 4. The molecule has 274 valence electrons. The van der Waals surface area contributed by atoms with Crippen LogP contribution in [0.25, 0.3) is 0 Å². The highest BCUT2D eigenvalue weighted by atomic mass is 32.2. The molecule has 4 amide bonds. The van der Waals surface area contributed by atoms with Crippen LogP contribution in [0.1, 0.15) is 70.4 Å². The molecule has 3 aliphatic heterocycles. The van der Waals surface area contributed by atoms with Crippen molar-refractivity contribution >= 4 is 39.7 Å². The summed E-state index contributed by atoms with van der Waals surface area (Å²) in [4.78, 5) is 57.0. The number of benzene rings is 2. The molecular weight excluding hydrogens is 681 g/mol. The number of likely N-dealkylation sites (tertiary alicyclic amines) is 1. The lowest BCUT2D eigenvalue weighted by Gasteiger charge is -2.29. The summed E-state index contributed by atoms with van der Waals surface area (Å²) >= 11 is 0. The zero-order valence-electron chi connectivity index (χ0n) is 28.9. The number of para-hydroxylation sites is 1. The van der Waals surface area contributed by atoms with Gasteiger partial charge in [0.2, 0.25) is 5.91 Å². The van der Waals surface area contributed by atoms with Crippen LogP contribution in [0, 0.1) is 11.7 Å². The molecule has 3 N–H and O–H groups in total. The van der Waals surface area contributed by atoms with Crippen molar-refractivity contribution in [1.82, 2.24) is 19.8 Å². The molecule has 1 aliphatic carbocycles. The van der Waals surface area contributed by atoms with E-state index in [0.29, 0.717) is 23.4 Å². The maximum atomic E-state index is 14.3. The number of allylic oxidation sites excluding steroid dienone is 1. The Kier molecular flexibility index (Phi) is 10.0. The minimum absolute atomic E-state index is 0.0171. The van der Waals surface area contributed by atoms with Gasteiger partial charge < -0.3 is 20.1 Å². The molecule has 0 radical (unpaired) electrons. The number of fused-ring (bicyclic) bond motifs is 3. The van der Waals surface area contributed by atoms with Gasteiger partial charge in [-0.15, -0.1) is 0 Å². The van der Waals surface area contributed by atoms with Crippen molar-refractivity contribution in [2.45, 2.75) is 101 Å². The molecular formula is C36H44FN5O8S. The van der Waals surface area contributed by atoms with E-state index in [-0.39, 0.29) is 37.4 Å². The Labute approximate surface area is 297 Å². The van der Waals surface area contributed by atoms with Crippen molar-refractivity contribution < 1.29 is 41.5 Å². The second-order valence-corrected chi connectivity index (χ2v) is 16.2. The number of hydrogen-bond donors (Lipinski definition) is 3. The van der Waals surface area contributed by atoms with E-state index in [0.717, 1.165) is 30.6 Å². The summed E-state index contributed by atoms with van der Waals surface area (Å²) in [5.74, 6) is -2.55. The molecule has 1 saturated heterocycles. The van der Waals surface area contributed by atoms with Crippen molar-refractivity contribution in [3.05, 3.63) is 71.6 Å². The summed E-state index contributed by atoms with van der Waals surface area (Å²) in [6, 6.07) is 9.71. The molecule has 2 fully saturated rings. The first-order chi connectivity index (χ1) is 24.2. The molecule has 6 rings (SSSR count). The first-order valence-electron chi connectivity index (χ1n) is 17.3. The molecule has 2 aromatic carbocycles. The minimum Gasteiger partial charge on any atom is -0.444 e. The molecule has 3 heterocycles. The molecule has 51 heavy (non-hydrogen) atoms. The van der Waals surface area contributed by atoms with E-state index >= 15 is 0 Å². The lowest BCUT2D eigenvalue weighted by Crippen LogP contribution is -2.56. The summed E-state index contributed by atoms with van der Waals surface area (Å²) in [5, 5.41) is 5.94. The molecule has 0 unspecified atom stereocenters. The second kappa shape index (κ2) is 14.2. The van der Waals surface area contributed by atoms with Crippen LogP contribution in [0.3, 0.4) is 0 Å². The Balaban J connectivity index is 1.22. The lowest BCUT2D eigenvalue weighted by atomic mass is 10.1. The lowest BCUT2D eigenvalue weighted by molar-refractivity contribution is -0.131. The highest BCUT2D eigenvalue weighted by Gasteiger charge is 2.62. The van der Waals surface area contributed by atoms with Gasteiger partial charge in [-0.25, -0.2) is 27.1 Å². The normalized spacial score (nSPS) is 26.5. The smallest absolute Gasteiger partial charge is 0.411 e. The fraction of sp³-hybridized carbons (Fsp3) is 0.500. The Hall–Kier alpha value is -4.66. The van der Waals surface area contributed by atoms with Crippen LogP contribution in [-0.4, -0.2) is 78.6 Å². The van der Waals surface area contributed by atoms with Crippen molar-refractivity contribution in [3.63, 3.8) is 0 Å². The van der Waals surface area contributed by atoms with E-state index in [1.807, 2.05) is 12.2 Å². The van der Waals surface area contributed by atoms with E-state index in [1.165, 1.54) is 17.0 Å². The molecule has 2 aromatic rings. The topological polar surface area (TPSA) is 163 Å². The van der Waals surface area contributed by atoms with Gasteiger partial charge in [0.05, 0.1) is 18.8 Å². The zero-order chi connectivity index (χ0) is 36.6. The van der Waals surface area contributed by atoms with Crippen molar-refractivity contribution in [1.29, 1.82) is 0 Å². The molecule has 4 aliphatic rings. The van der Waals surface area contributed by atoms with E-state index in [4.69, 9.17) is 9.47 Å². The van der Waals surface area contributed by atoms with Crippen molar-refractivity contribution in [3.8, 4) is 0 Å². The van der Waals surface area contributed by atoms with E-state index in [1.54, 1.807) is 51.1 Å². The summed E-state index contributed by atoms with van der Waals surface area (Å²) in [7, 11) is -4.35. The van der Waals surface area contributed by atoms with Gasteiger partial charge in [0.25, 0.3) is 15.9 Å². The number of halogens is 1. The quantitative estimate of drug-likeness (QED) is 0.385. The third kappa shape index (κ3) is 7.97. The number of rotatable bonds is 3. The van der Waals surface area contributed by atoms with E-state index in [2.05, 4.69) is 15.4 Å². The number of nitrogens with one attached hydrogen (secondary N) is 3. The Morgan fingerprint density at radius 2 is 1.80 bits per heavy atom. The van der Waals surface area contributed by atoms with Crippen LogP contribution < -0.4 is 15.4 Å². The van der Waals surface area contributed by atoms with Gasteiger partial charge in [0, 0.05) is 31.0 Å². The predicted octanol–water partition coefficient (Wildman–Crippen LogP) is 4.58. The average Bonchev–Trinajstić information content (AvgIpc) is 3.36. The van der Waals surface area contributed by atoms with Crippen LogP contribution in [0.2, 0.25) is 0 Å². The number of sulfonamides is 1. The molecule has 1 saturated carbocycles. The van der Waals surface area contributed by atoms with Gasteiger partial charge in [-0.2, -0.15) is 0 Å². The molecule has 4 atom stereocenters. The monoisotopic (exact) mass is 725 g/mol. The average molecular weight is 726 g/mol. The third-order valence-corrected chi connectivity index (χ3v) is 10.9. The minimum atomic E-state index is -4.35. The first-order valence-corrected chi connectivity index (χ1v) is 18.8. The highest BCUT2D eigenvalue weighted by molar-refractivity contribution is 7.90. The molecule has 13 nitrogen and oxygen atoms in total. The van der Waals surface area contributed by atoms with Crippen molar-refractivity contribution in [2.24, 2.45) is 5.92 Å². The number of nitrogens with zero attached hydrogens (tertiary/aromatic N) is 2. The fourth-order valence-electron chi connectivity index (χ4n) is 6.83. The van der Waals surface area contributed by atoms with Gasteiger partial charge in [0.1, 0.15) is 34.0 Å². The van der Waals surface area contributed by atoms with Crippen LogP contribution in [-0.2, 0) is 42.2 Å².